The highest BCUT2D eigenvalue weighted by molar-refractivity contribution is 6.42. The number of benzene rings is 1. The van der Waals surface area contributed by atoms with Crippen molar-refractivity contribution < 1.29 is 9.69 Å². The van der Waals surface area contributed by atoms with Crippen molar-refractivity contribution >= 4 is 29.1 Å². The highest BCUT2D eigenvalue weighted by atomic mass is 35.5. The smallest absolute Gasteiger partial charge is 0.278 e. The molecule has 2 N–H and O–H groups in total. The summed E-state index contributed by atoms with van der Waals surface area (Å²) in [6.45, 7) is 2.62. The monoisotopic (exact) mass is 301 g/mol. The zero-order valence-electron chi connectivity index (χ0n) is 11.2. The minimum Gasteiger partial charge on any atom is -0.348 e. The molecule has 1 saturated carbocycles. The first-order valence-electron chi connectivity index (χ1n) is 6.54. The number of hydrogen-bond donors (Lipinski definition) is 2. The first-order valence-corrected chi connectivity index (χ1v) is 7.30. The minimum absolute atomic E-state index is 0.101. The minimum atomic E-state index is -0.101. The van der Waals surface area contributed by atoms with Crippen LogP contribution in [0.15, 0.2) is 18.2 Å². The zero-order valence-corrected chi connectivity index (χ0v) is 12.7. The predicted molar refractivity (Wildman–Crippen MR) is 77.7 cm³/mol. The molecule has 2 atom stereocenters. The summed E-state index contributed by atoms with van der Waals surface area (Å²) in [4.78, 5) is 13.1. The molecular weight excluding hydrogens is 283 g/mol. The molecule has 1 aromatic carbocycles. The van der Waals surface area contributed by atoms with Crippen LogP contribution in [-0.2, 0) is 11.3 Å². The van der Waals surface area contributed by atoms with Crippen molar-refractivity contribution in [3.8, 4) is 0 Å². The molecule has 1 fully saturated rings. The van der Waals surface area contributed by atoms with E-state index < -0.39 is 0 Å². The first kappa shape index (κ1) is 14.6. The Kier molecular flexibility index (Phi) is 4.71. The first-order chi connectivity index (χ1) is 8.99. The molecule has 0 spiro atoms. The molecule has 0 aliphatic heterocycles. The second kappa shape index (κ2) is 6.12. The van der Waals surface area contributed by atoms with Crippen molar-refractivity contribution in [3.05, 3.63) is 33.8 Å². The molecule has 19 heavy (non-hydrogen) atoms. The molecule has 0 radical (unpaired) electrons. The maximum absolute atomic E-state index is 12.0. The highest BCUT2D eigenvalue weighted by Gasteiger charge is 2.29. The third kappa shape index (κ3) is 3.85. The number of amides is 1. The van der Waals surface area contributed by atoms with Gasteiger partial charge in [0, 0.05) is 11.6 Å². The second-order valence-corrected chi connectivity index (χ2v) is 6.03. The molecule has 0 saturated heterocycles. The molecule has 1 aromatic rings. The van der Waals surface area contributed by atoms with Gasteiger partial charge in [0.1, 0.15) is 6.54 Å². The maximum atomic E-state index is 12.0. The predicted octanol–water partition coefficient (Wildman–Crippen LogP) is 1.68. The second-order valence-electron chi connectivity index (χ2n) is 5.24. The summed E-state index contributed by atoms with van der Waals surface area (Å²) in [6, 6.07) is 5.90. The molecular formula is C14H19Cl2N2O+. The molecule has 3 nitrogen and oxygen atoms in total. The van der Waals surface area contributed by atoms with Crippen LogP contribution in [0.2, 0.25) is 10.0 Å². The molecule has 1 aliphatic rings. The van der Waals surface area contributed by atoms with Crippen molar-refractivity contribution in [3.63, 3.8) is 0 Å². The van der Waals surface area contributed by atoms with Gasteiger partial charge in [-0.25, -0.2) is 0 Å². The lowest BCUT2D eigenvalue weighted by Gasteiger charge is -2.21. The fourth-order valence-electron chi connectivity index (χ4n) is 1.92. The van der Waals surface area contributed by atoms with E-state index in [0.717, 1.165) is 23.3 Å². The Hall–Kier alpha value is -0.770. The van der Waals surface area contributed by atoms with Gasteiger partial charge in [-0.15, -0.1) is 0 Å². The fourth-order valence-corrected chi connectivity index (χ4v) is 2.30. The molecule has 0 aromatic heterocycles. The van der Waals surface area contributed by atoms with Crippen molar-refractivity contribution in [1.29, 1.82) is 0 Å². The van der Waals surface area contributed by atoms with Crippen LogP contribution in [0.4, 0.5) is 0 Å². The molecule has 2 rings (SSSR count). The van der Waals surface area contributed by atoms with Crippen LogP contribution in [-0.4, -0.2) is 25.0 Å². The van der Waals surface area contributed by atoms with E-state index in [-0.39, 0.29) is 11.9 Å². The average molecular weight is 302 g/mol. The van der Waals surface area contributed by atoms with Crippen LogP contribution in [0.3, 0.4) is 0 Å². The summed E-state index contributed by atoms with van der Waals surface area (Å²) in [5.41, 5.74) is 0.970. The Balaban J connectivity index is 1.97. The van der Waals surface area contributed by atoms with Gasteiger partial charge in [0.2, 0.25) is 0 Å². The van der Waals surface area contributed by atoms with Crippen LogP contribution < -0.4 is 10.2 Å². The van der Waals surface area contributed by atoms with Gasteiger partial charge in [0.15, 0.2) is 6.04 Å². The van der Waals surface area contributed by atoms with Crippen molar-refractivity contribution in [2.75, 3.05) is 7.05 Å². The normalized spacial score (nSPS) is 17.9. The SMILES string of the molecule is C[C@@H](C(=O)NC1CC1)[NH+](C)Cc1cccc(Cl)c1Cl. The molecule has 1 unspecified atom stereocenters. The Morgan fingerprint density at radius 1 is 1.47 bits per heavy atom. The maximum Gasteiger partial charge on any atom is 0.278 e. The van der Waals surface area contributed by atoms with Gasteiger partial charge < -0.3 is 10.2 Å². The molecule has 1 amide bonds. The van der Waals surface area contributed by atoms with E-state index in [1.807, 2.05) is 26.1 Å². The van der Waals surface area contributed by atoms with Crippen molar-refractivity contribution in [2.24, 2.45) is 0 Å². The lowest BCUT2D eigenvalue weighted by atomic mass is 10.2. The van der Waals surface area contributed by atoms with E-state index in [1.54, 1.807) is 6.07 Å². The molecule has 104 valence electrons. The van der Waals surface area contributed by atoms with E-state index in [1.165, 1.54) is 0 Å². The highest BCUT2D eigenvalue weighted by Crippen LogP contribution is 2.24. The van der Waals surface area contributed by atoms with Gasteiger partial charge in [-0.05, 0) is 25.8 Å². The van der Waals surface area contributed by atoms with Crippen LogP contribution >= 0.6 is 23.2 Å². The quantitative estimate of drug-likeness (QED) is 0.852. The lowest BCUT2D eigenvalue weighted by molar-refractivity contribution is -0.908. The summed E-state index contributed by atoms with van der Waals surface area (Å²) in [5, 5.41) is 4.17. The summed E-state index contributed by atoms with van der Waals surface area (Å²) < 4.78 is 0. The number of halogens is 2. The Morgan fingerprint density at radius 2 is 2.16 bits per heavy atom. The number of carbonyl (C=O) groups is 1. The summed E-state index contributed by atoms with van der Waals surface area (Å²) in [7, 11) is 1.99. The number of rotatable bonds is 5. The number of nitrogens with one attached hydrogen (secondary N) is 2. The van der Waals surface area contributed by atoms with E-state index in [2.05, 4.69) is 5.32 Å². The topological polar surface area (TPSA) is 33.5 Å². The van der Waals surface area contributed by atoms with Crippen LogP contribution in [0.25, 0.3) is 0 Å². The zero-order chi connectivity index (χ0) is 14.0. The molecule has 0 bridgehead atoms. The van der Waals surface area contributed by atoms with E-state index in [0.29, 0.717) is 22.6 Å². The Labute approximate surface area is 123 Å². The summed E-state index contributed by atoms with van der Waals surface area (Å²) >= 11 is 12.2. The van der Waals surface area contributed by atoms with Crippen molar-refractivity contribution in [1.82, 2.24) is 5.32 Å². The molecule has 5 heteroatoms. The number of quaternary nitrogens is 1. The van der Waals surface area contributed by atoms with Crippen LogP contribution in [0, 0.1) is 0 Å². The standard InChI is InChI=1S/C14H18Cl2N2O/c1-9(14(19)17-11-6-7-11)18(2)8-10-4-3-5-12(15)13(10)16/h3-5,9,11H,6-8H2,1-2H3,(H,17,19)/p+1/t9-/m0/s1. The van der Waals surface area contributed by atoms with Gasteiger partial charge in [0.05, 0.1) is 17.1 Å². The largest absolute Gasteiger partial charge is 0.348 e. The van der Waals surface area contributed by atoms with Crippen LogP contribution in [0.5, 0.6) is 0 Å². The molecule has 1 aliphatic carbocycles. The fraction of sp³-hybridized carbons (Fsp3) is 0.500. The van der Waals surface area contributed by atoms with Gasteiger partial charge in [-0.1, -0.05) is 35.3 Å². The van der Waals surface area contributed by atoms with E-state index >= 15 is 0 Å². The van der Waals surface area contributed by atoms with Gasteiger partial charge in [-0.2, -0.15) is 0 Å². The lowest BCUT2D eigenvalue weighted by Crippen LogP contribution is -3.12. The van der Waals surface area contributed by atoms with Crippen LogP contribution in [0.1, 0.15) is 25.3 Å². The van der Waals surface area contributed by atoms with E-state index in [4.69, 9.17) is 23.2 Å². The third-order valence-corrected chi connectivity index (χ3v) is 4.42. The average Bonchev–Trinajstić information content (AvgIpc) is 3.17. The molecule has 0 heterocycles. The Bertz CT molecular complexity index is 475. The third-order valence-electron chi connectivity index (χ3n) is 3.56. The van der Waals surface area contributed by atoms with E-state index in [9.17, 15) is 4.79 Å². The number of carbonyl (C=O) groups excluding carboxylic acids is 1. The van der Waals surface area contributed by atoms with Crippen molar-refractivity contribution in [2.45, 2.75) is 38.4 Å². The number of hydrogen-bond acceptors (Lipinski definition) is 1. The number of likely N-dealkylation sites (N-methyl/N-ethyl adjacent to an activating group) is 1. The van der Waals surface area contributed by atoms with Gasteiger partial charge in [0.25, 0.3) is 5.91 Å². The summed E-state index contributed by atoms with van der Waals surface area (Å²) in [6.07, 6.45) is 2.22. The Morgan fingerprint density at radius 3 is 2.79 bits per heavy atom. The van der Waals surface area contributed by atoms with Gasteiger partial charge in [-0.3, -0.25) is 4.79 Å². The summed E-state index contributed by atoms with van der Waals surface area (Å²) in [5.74, 6) is 0.109. The van der Waals surface area contributed by atoms with Gasteiger partial charge >= 0.3 is 0 Å².